The maximum Gasteiger partial charge on any atom is 0.346 e. The average molecular weight is 637 g/mol. The molecule has 10 heteroatoms. The van der Waals surface area contributed by atoms with E-state index in [-0.39, 0.29) is 11.5 Å². The predicted octanol–water partition coefficient (Wildman–Crippen LogP) is 6.49. The standard InChI is InChI=1S/C32H34BrN3O6/c1-8-41-28-15-21(14-25(33)29(28)42-20(5)32(38)40-7)17-34-36-30(35-26-12-10-9-11-22(26)31(36)37)24-16-23(18(2)3)27(39-6)13-19(24)4/h9-18,20H,8H2,1-7H3/t20-/m1/s1. The Kier molecular flexibility index (Phi) is 9.67. The minimum atomic E-state index is -0.849. The number of methoxy groups -OCH3 is 2. The number of carbonyl (C=O) groups excluding carboxylic acids is 1. The highest BCUT2D eigenvalue weighted by molar-refractivity contribution is 9.10. The van der Waals surface area contributed by atoms with Gasteiger partial charge in [0.05, 0.1) is 42.4 Å². The Morgan fingerprint density at radius 1 is 1.10 bits per heavy atom. The number of halogens is 1. The molecular formula is C32H34BrN3O6. The molecule has 0 bridgehead atoms. The van der Waals surface area contributed by atoms with Crippen molar-refractivity contribution in [1.82, 2.24) is 9.66 Å². The monoisotopic (exact) mass is 635 g/mol. The molecule has 1 aromatic heterocycles. The Morgan fingerprint density at radius 2 is 1.83 bits per heavy atom. The van der Waals surface area contributed by atoms with Gasteiger partial charge in [-0.2, -0.15) is 9.78 Å². The third-order valence-electron chi connectivity index (χ3n) is 6.68. The molecule has 1 heterocycles. The van der Waals surface area contributed by atoms with Crippen LogP contribution in [0, 0.1) is 6.92 Å². The number of aromatic nitrogens is 2. The first-order valence-corrected chi connectivity index (χ1v) is 14.3. The zero-order chi connectivity index (χ0) is 30.6. The maximum atomic E-state index is 13.8. The van der Waals surface area contributed by atoms with Crippen molar-refractivity contribution in [2.75, 3.05) is 20.8 Å². The number of carbonyl (C=O) groups is 1. The van der Waals surface area contributed by atoms with Crippen molar-refractivity contribution in [3.8, 4) is 28.6 Å². The van der Waals surface area contributed by atoms with Gasteiger partial charge < -0.3 is 18.9 Å². The third kappa shape index (κ3) is 6.33. The highest BCUT2D eigenvalue weighted by Crippen LogP contribution is 2.38. The molecule has 0 fully saturated rings. The summed E-state index contributed by atoms with van der Waals surface area (Å²) in [5, 5.41) is 5.08. The fourth-order valence-electron chi connectivity index (χ4n) is 4.53. The molecule has 0 N–H and O–H groups in total. The fourth-order valence-corrected chi connectivity index (χ4v) is 5.08. The average Bonchev–Trinajstić information content (AvgIpc) is 2.97. The van der Waals surface area contributed by atoms with Crippen LogP contribution in [-0.4, -0.2) is 48.8 Å². The number of hydrogen-bond acceptors (Lipinski definition) is 8. The molecule has 220 valence electrons. The molecule has 0 aliphatic carbocycles. The van der Waals surface area contributed by atoms with Gasteiger partial charge in [-0.05, 0) is 95.7 Å². The lowest BCUT2D eigenvalue weighted by Gasteiger charge is -2.18. The number of rotatable bonds is 10. The van der Waals surface area contributed by atoms with E-state index in [0.29, 0.717) is 44.9 Å². The van der Waals surface area contributed by atoms with Gasteiger partial charge in [0, 0.05) is 5.56 Å². The highest BCUT2D eigenvalue weighted by atomic mass is 79.9. The molecule has 0 spiro atoms. The maximum absolute atomic E-state index is 13.8. The van der Waals surface area contributed by atoms with Crippen LogP contribution in [0.1, 0.15) is 50.3 Å². The summed E-state index contributed by atoms with van der Waals surface area (Å²) >= 11 is 3.53. The Bertz CT molecular complexity index is 1710. The summed E-state index contributed by atoms with van der Waals surface area (Å²) in [6, 6.07) is 14.7. The first-order chi connectivity index (χ1) is 20.1. The third-order valence-corrected chi connectivity index (χ3v) is 7.26. The van der Waals surface area contributed by atoms with Gasteiger partial charge in [-0.1, -0.05) is 26.0 Å². The minimum absolute atomic E-state index is 0.181. The first kappa shape index (κ1) is 30.8. The van der Waals surface area contributed by atoms with Crippen LogP contribution in [-0.2, 0) is 9.53 Å². The molecule has 3 aromatic carbocycles. The zero-order valence-electron chi connectivity index (χ0n) is 24.7. The molecule has 0 radical (unpaired) electrons. The van der Waals surface area contributed by atoms with E-state index in [1.54, 1.807) is 44.5 Å². The van der Waals surface area contributed by atoms with Crippen LogP contribution >= 0.6 is 15.9 Å². The Morgan fingerprint density at radius 3 is 2.50 bits per heavy atom. The van der Waals surface area contributed by atoms with E-state index in [2.05, 4.69) is 34.9 Å². The first-order valence-electron chi connectivity index (χ1n) is 13.5. The van der Waals surface area contributed by atoms with Gasteiger partial charge in [0.2, 0.25) is 0 Å². The smallest absolute Gasteiger partial charge is 0.346 e. The lowest BCUT2D eigenvalue weighted by molar-refractivity contribution is -0.148. The fraction of sp³-hybridized carbons (Fsp3) is 0.312. The predicted molar refractivity (Wildman–Crippen MR) is 167 cm³/mol. The van der Waals surface area contributed by atoms with Crippen LogP contribution in [0.3, 0.4) is 0 Å². The van der Waals surface area contributed by atoms with E-state index < -0.39 is 12.1 Å². The quantitative estimate of drug-likeness (QED) is 0.145. The van der Waals surface area contributed by atoms with Gasteiger partial charge in [-0.15, -0.1) is 0 Å². The minimum Gasteiger partial charge on any atom is -0.496 e. The van der Waals surface area contributed by atoms with Crippen molar-refractivity contribution in [3.63, 3.8) is 0 Å². The van der Waals surface area contributed by atoms with Gasteiger partial charge in [0.25, 0.3) is 5.56 Å². The summed E-state index contributed by atoms with van der Waals surface area (Å²) in [7, 11) is 2.95. The van der Waals surface area contributed by atoms with Crippen molar-refractivity contribution in [3.05, 3.63) is 80.0 Å². The summed E-state index contributed by atoms with van der Waals surface area (Å²) in [4.78, 5) is 30.6. The van der Waals surface area contributed by atoms with Gasteiger partial charge in [-0.3, -0.25) is 4.79 Å². The molecule has 0 saturated carbocycles. The Labute approximate surface area is 253 Å². The molecule has 42 heavy (non-hydrogen) atoms. The van der Waals surface area contributed by atoms with Crippen LogP contribution in [0.4, 0.5) is 0 Å². The zero-order valence-corrected chi connectivity index (χ0v) is 26.3. The number of benzene rings is 3. The second-order valence-corrected chi connectivity index (χ2v) is 10.8. The van der Waals surface area contributed by atoms with Gasteiger partial charge in [0.1, 0.15) is 5.75 Å². The molecular weight excluding hydrogens is 602 g/mol. The summed E-state index contributed by atoms with van der Waals surface area (Å²) in [5.41, 5.74) is 3.57. The SMILES string of the molecule is CCOc1cc(C=Nn2c(-c3cc(C(C)C)c(OC)cc3C)nc3ccccc3c2=O)cc(Br)c1O[C@H](C)C(=O)OC. The highest BCUT2D eigenvalue weighted by Gasteiger charge is 2.21. The van der Waals surface area contributed by atoms with E-state index >= 15 is 0 Å². The number of ether oxygens (including phenoxy) is 4. The van der Waals surface area contributed by atoms with Crippen molar-refractivity contribution >= 4 is 39.0 Å². The molecule has 1 atom stereocenters. The Balaban J connectivity index is 1.88. The lowest BCUT2D eigenvalue weighted by Crippen LogP contribution is -2.25. The number of hydrogen-bond donors (Lipinski definition) is 0. The van der Waals surface area contributed by atoms with Crippen molar-refractivity contribution < 1.29 is 23.7 Å². The molecule has 0 saturated heterocycles. The normalized spacial score (nSPS) is 12.1. The molecule has 0 amide bonds. The molecule has 0 aliphatic rings. The summed E-state index contributed by atoms with van der Waals surface area (Å²) in [5.74, 6) is 1.61. The molecule has 0 aliphatic heterocycles. The number of aryl methyl sites for hydroxylation is 1. The van der Waals surface area contributed by atoms with E-state index in [0.717, 1.165) is 22.4 Å². The Hall–Kier alpha value is -4.18. The summed E-state index contributed by atoms with van der Waals surface area (Å²) in [6.07, 6.45) is 0.711. The topological polar surface area (TPSA) is 101 Å². The van der Waals surface area contributed by atoms with E-state index in [9.17, 15) is 9.59 Å². The number of nitrogens with zero attached hydrogens (tertiary/aromatic N) is 3. The molecule has 4 aromatic rings. The van der Waals surface area contributed by atoms with Crippen molar-refractivity contribution in [2.24, 2.45) is 5.10 Å². The number of esters is 1. The van der Waals surface area contributed by atoms with Crippen molar-refractivity contribution in [1.29, 1.82) is 0 Å². The number of fused-ring (bicyclic) bond motifs is 1. The van der Waals surface area contributed by atoms with Gasteiger partial charge in [0.15, 0.2) is 23.4 Å². The van der Waals surface area contributed by atoms with Crippen LogP contribution in [0.15, 0.2) is 62.9 Å². The second kappa shape index (κ2) is 13.2. The summed E-state index contributed by atoms with van der Waals surface area (Å²) in [6.45, 7) is 9.93. The molecule has 9 nitrogen and oxygen atoms in total. The largest absolute Gasteiger partial charge is 0.496 e. The van der Waals surface area contributed by atoms with Crippen LogP contribution in [0.5, 0.6) is 17.2 Å². The van der Waals surface area contributed by atoms with E-state index in [1.165, 1.54) is 11.8 Å². The number of para-hydroxylation sites is 1. The van der Waals surface area contributed by atoms with Gasteiger partial charge in [-0.25, -0.2) is 9.78 Å². The van der Waals surface area contributed by atoms with Crippen LogP contribution < -0.4 is 19.8 Å². The van der Waals surface area contributed by atoms with E-state index in [1.807, 2.05) is 38.1 Å². The second-order valence-electron chi connectivity index (χ2n) is 9.92. The van der Waals surface area contributed by atoms with Crippen molar-refractivity contribution in [2.45, 2.75) is 46.6 Å². The van der Waals surface area contributed by atoms with Crippen LogP contribution in [0.25, 0.3) is 22.3 Å². The molecule has 0 unspecified atom stereocenters. The van der Waals surface area contributed by atoms with Crippen LogP contribution in [0.2, 0.25) is 0 Å². The van der Waals surface area contributed by atoms with E-state index in [4.69, 9.17) is 23.9 Å². The summed E-state index contributed by atoms with van der Waals surface area (Å²) < 4.78 is 23.9. The lowest BCUT2D eigenvalue weighted by atomic mass is 9.96. The molecule has 4 rings (SSSR count). The van der Waals surface area contributed by atoms with Gasteiger partial charge >= 0.3 is 5.97 Å².